The minimum atomic E-state index is -0.650. The molecule has 0 spiro atoms. The molecule has 1 aliphatic heterocycles. The minimum Gasteiger partial charge on any atom is -0.493 e. The second kappa shape index (κ2) is 5.65. The maximum Gasteiger partial charge on any atom is 0.231 e. The van der Waals surface area contributed by atoms with Crippen molar-refractivity contribution in [3.8, 4) is 17.2 Å². The number of ether oxygens (including phenoxy) is 3. The lowest BCUT2D eigenvalue weighted by Crippen LogP contribution is -2.02. The molecule has 3 rings (SSSR count). The van der Waals surface area contributed by atoms with Gasteiger partial charge in [0.15, 0.2) is 11.5 Å². The highest BCUT2D eigenvalue weighted by Gasteiger charge is 2.22. The van der Waals surface area contributed by atoms with E-state index in [4.69, 9.17) is 14.2 Å². The van der Waals surface area contributed by atoms with Crippen LogP contribution in [-0.2, 0) is 13.0 Å². The van der Waals surface area contributed by atoms with Gasteiger partial charge in [-0.05, 0) is 30.2 Å². The summed E-state index contributed by atoms with van der Waals surface area (Å²) in [5.74, 6) is 1.77. The number of benzene rings is 1. The molecular weight excluding hydrogens is 272 g/mol. The number of rotatable bonds is 5. The molecule has 112 valence electrons. The number of hydrogen-bond donors (Lipinski definition) is 1. The predicted molar refractivity (Wildman–Crippen MR) is 75.7 cm³/mol. The molecule has 0 saturated carbocycles. The van der Waals surface area contributed by atoms with E-state index in [2.05, 4.69) is 5.10 Å². The molecule has 1 N–H and O–H groups in total. The quantitative estimate of drug-likeness (QED) is 0.911. The van der Waals surface area contributed by atoms with E-state index in [1.165, 1.54) is 0 Å². The van der Waals surface area contributed by atoms with Crippen LogP contribution in [0.2, 0.25) is 0 Å². The molecule has 6 heteroatoms. The Morgan fingerprint density at radius 3 is 3.00 bits per heavy atom. The molecule has 1 aromatic carbocycles. The van der Waals surface area contributed by atoms with Gasteiger partial charge in [-0.15, -0.1) is 0 Å². The van der Waals surface area contributed by atoms with Gasteiger partial charge in [-0.25, -0.2) is 0 Å². The number of methoxy groups -OCH3 is 1. The Balaban J connectivity index is 1.82. The van der Waals surface area contributed by atoms with Crippen LogP contribution < -0.4 is 14.2 Å². The van der Waals surface area contributed by atoms with E-state index in [-0.39, 0.29) is 6.79 Å². The third-order valence-corrected chi connectivity index (χ3v) is 3.51. The molecule has 2 heterocycles. The van der Waals surface area contributed by atoms with Crippen molar-refractivity contribution in [2.45, 2.75) is 26.0 Å². The molecule has 21 heavy (non-hydrogen) atoms. The van der Waals surface area contributed by atoms with E-state index in [0.29, 0.717) is 23.7 Å². The Morgan fingerprint density at radius 2 is 2.29 bits per heavy atom. The average molecular weight is 290 g/mol. The van der Waals surface area contributed by atoms with Crippen molar-refractivity contribution in [1.29, 1.82) is 0 Å². The lowest BCUT2D eigenvalue weighted by molar-refractivity contribution is 0.170. The van der Waals surface area contributed by atoms with Gasteiger partial charge in [0, 0.05) is 19.2 Å². The molecule has 0 bridgehead atoms. The summed E-state index contributed by atoms with van der Waals surface area (Å²) in [6.07, 6.45) is 3.55. The average Bonchev–Trinajstić information content (AvgIpc) is 3.14. The van der Waals surface area contributed by atoms with Crippen molar-refractivity contribution in [1.82, 2.24) is 9.78 Å². The molecular formula is C15H18N2O4. The Labute approximate surface area is 122 Å². The number of aliphatic hydroxyl groups is 1. The van der Waals surface area contributed by atoms with Crippen LogP contribution >= 0.6 is 0 Å². The van der Waals surface area contributed by atoms with E-state index in [9.17, 15) is 5.11 Å². The highest BCUT2D eigenvalue weighted by molar-refractivity contribution is 5.55. The summed E-state index contributed by atoms with van der Waals surface area (Å²) >= 11 is 0. The fourth-order valence-corrected chi connectivity index (χ4v) is 2.37. The van der Waals surface area contributed by atoms with Crippen molar-refractivity contribution in [3.05, 3.63) is 35.7 Å². The topological polar surface area (TPSA) is 65.7 Å². The molecule has 0 radical (unpaired) electrons. The van der Waals surface area contributed by atoms with Crippen LogP contribution in [-0.4, -0.2) is 28.8 Å². The van der Waals surface area contributed by atoms with Crippen LogP contribution in [0.4, 0.5) is 0 Å². The number of aliphatic hydroxyl groups excluding tert-OH is 1. The maximum atomic E-state index is 10.4. The van der Waals surface area contributed by atoms with Gasteiger partial charge in [0.05, 0.1) is 19.4 Å². The van der Waals surface area contributed by atoms with Crippen molar-refractivity contribution >= 4 is 0 Å². The molecule has 0 aliphatic carbocycles. The monoisotopic (exact) mass is 290 g/mol. The number of fused-ring (bicyclic) bond motifs is 1. The summed E-state index contributed by atoms with van der Waals surface area (Å²) in [7, 11) is 1.57. The first-order valence-electron chi connectivity index (χ1n) is 6.88. The predicted octanol–water partition coefficient (Wildman–Crippen LogP) is 1.92. The van der Waals surface area contributed by atoms with Gasteiger partial charge in [-0.2, -0.15) is 5.10 Å². The van der Waals surface area contributed by atoms with E-state index in [1.54, 1.807) is 25.4 Å². The Hall–Kier alpha value is -2.21. The Kier molecular flexibility index (Phi) is 3.70. The molecule has 1 atom stereocenters. The van der Waals surface area contributed by atoms with Crippen LogP contribution in [0.15, 0.2) is 24.5 Å². The fraction of sp³-hybridized carbons (Fsp3) is 0.400. The first kappa shape index (κ1) is 13.8. The third kappa shape index (κ3) is 2.67. The number of hydrogen-bond acceptors (Lipinski definition) is 5. The number of aromatic nitrogens is 2. The summed E-state index contributed by atoms with van der Waals surface area (Å²) in [6, 6.07) is 3.57. The lowest BCUT2D eigenvalue weighted by Gasteiger charge is -2.13. The van der Waals surface area contributed by atoms with E-state index in [0.717, 1.165) is 17.7 Å². The summed E-state index contributed by atoms with van der Waals surface area (Å²) in [5.41, 5.74) is 1.72. The molecule has 6 nitrogen and oxygen atoms in total. The van der Waals surface area contributed by atoms with E-state index < -0.39 is 6.10 Å². The van der Waals surface area contributed by atoms with Gasteiger partial charge < -0.3 is 19.3 Å². The molecule has 1 aromatic heterocycles. The maximum absolute atomic E-state index is 10.4. The van der Waals surface area contributed by atoms with Crippen LogP contribution in [0.3, 0.4) is 0 Å². The number of nitrogens with zero attached hydrogens (tertiary/aromatic N) is 2. The lowest BCUT2D eigenvalue weighted by atomic mass is 10.0. The third-order valence-electron chi connectivity index (χ3n) is 3.51. The minimum absolute atomic E-state index is 0.175. The van der Waals surface area contributed by atoms with Crippen LogP contribution in [0.25, 0.3) is 0 Å². The molecule has 2 aromatic rings. The zero-order chi connectivity index (χ0) is 14.8. The Morgan fingerprint density at radius 1 is 1.43 bits per heavy atom. The van der Waals surface area contributed by atoms with Gasteiger partial charge >= 0.3 is 0 Å². The molecule has 0 saturated heterocycles. The zero-order valence-electron chi connectivity index (χ0n) is 12.1. The highest BCUT2D eigenvalue weighted by atomic mass is 16.7. The summed E-state index contributed by atoms with van der Waals surface area (Å²) in [6.45, 7) is 3.01. The smallest absolute Gasteiger partial charge is 0.231 e. The van der Waals surface area contributed by atoms with Crippen molar-refractivity contribution in [2.24, 2.45) is 0 Å². The van der Waals surface area contributed by atoms with Gasteiger partial charge in [0.1, 0.15) is 0 Å². The molecule has 1 unspecified atom stereocenters. The van der Waals surface area contributed by atoms with Crippen LogP contribution in [0.5, 0.6) is 17.2 Å². The van der Waals surface area contributed by atoms with E-state index in [1.807, 2.05) is 17.8 Å². The van der Waals surface area contributed by atoms with Gasteiger partial charge in [0.2, 0.25) is 12.5 Å². The number of aryl methyl sites for hydroxylation is 1. The highest BCUT2D eigenvalue weighted by Crippen LogP contribution is 2.43. The largest absolute Gasteiger partial charge is 0.493 e. The van der Waals surface area contributed by atoms with Crippen molar-refractivity contribution < 1.29 is 19.3 Å². The first-order valence-corrected chi connectivity index (χ1v) is 6.88. The first-order chi connectivity index (χ1) is 10.2. The van der Waals surface area contributed by atoms with Gasteiger partial charge in [-0.3, -0.25) is 4.68 Å². The standard InChI is InChI=1S/C15H18N2O4/c1-3-17-8-10(7-16-17)4-12(18)11-5-13(19-2)15-14(6-11)20-9-21-15/h5-8,12,18H,3-4,9H2,1-2H3. The molecule has 0 fully saturated rings. The molecule has 0 amide bonds. The van der Waals surface area contributed by atoms with E-state index >= 15 is 0 Å². The van der Waals surface area contributed by atoms with Crippen LogP contribution in [0, 0.1) is 0 Å². The van der Waals surface area contributed by atoms with Crippen molar-refractivity contribution in [3.63, 3.8) is 0 Å². The zero-order valence-corrected chi connectivity index (χ0v) is 12.1. The second-order valence-electron chi connectivity index (χ2n) is 4.88. The fourth-order valence-electron chi connectivity index (χ4n) is 2.37. The van der Waals surface area contributed by atoms with Crippen molar-refractivity contribution in [2.75, 3.05) is 13.9 Å². The normalized spacial score (nSPS) is 14.2. The van der Waals surface area contributed by atoms with Crippen LogP contribution in [0.1, 0.15) is 24.2 Å². The summed E-state index contributed by atoms with van der Waals surface area (Å²) in [5, 5.41) is 14.6. The SMILES string of the molecule is CCn1cc(CC(O)c2cc(OC)c3c(c2)OCO3)cn1. The second-order valence-corrected chi connectivity index (χ2v) is 4.88. The van der Waals surface area contributed by atoms with Gasteiger partial charge in [0.25, 0.3) is 0 Å². The summed E-state index contributed by atoms with van der Waals surface area (Å²) in [4.78, 5) is 0. The van der Waals surface area contributed by atoms with Gasteiger partial charge in [-0.1, -0.05) is 0 Å². The summed E-state index contributed by atoms with van der Waals surface area (Å²) < 4.78 is 17.8. The Bertz CT molecular complexity index is 639. The molecule has 1 aliphatic rings.